The number of anilines is 1. The number of amides is 2. The Kier molecular flexibility index (Phi) is 8.41. The lowest BCUT2D eigenvalue weighted by Gasteiger charge is -2.18. The SMILES string of the molecule is CCN(CC)C(=O)c1sc(NC(=O)c2cc([N+](=O)[O-])cc([N+](=O)[O-])c2)c(C(=O)OC(C)C)c1C. The Labute approximate surface area is 198 Å². The molecule has 2 rings (SSSR count). The Balaban J connectivity index is 2.57. The second kappa shape index (κ2) is 10.8. The number of nitrogens with zero attached hydrogens (tertiary/aromatic N) is 3. The summed E-state index contributed by atoms with van der Waals surface area (Å²) in [5, 5.41) is 24.8. The van der Waals surface area contributed by atoms with Crippen molar-refractivity contribution in [1.29, 1.82) is 0 Å². The van der Waals surface area contributed by atoms with E-state index in [0.29, 0.717) is 18.7 Å². The fourth-order valence-electron chi connectivity index (χ4n) is 3.09. The molecule has 182 valence electrons. The molecular formula is C21H24N4O8S. The van der Waals surface area contributed by atoms with Crippen molar-refractivity contribution >= 4 is 45.5 Å². The summed E-state index contributed by atoms with van der Waals surface area (Å²) >= 11 is 0.861. The average Bonchev–Trinajstić information content (AvgIpc) is 3.09. The second-order valence-corrected chi connectivity index (χ2v) is 8.42. The van der Waals surface area contributed by atoms with Crippen molar-refractivity contribution < 1.29 is 29.0 Å². The highest BCUT2D eigenvalue weighted by Crippen LogP contribution is 2.35. The number of esters is 1. The molecule has 0 saturated heterocycles. The largest absolute Gasteiger partial charge is 0.459 e. The predicted octanol–water partition coefficient (Wildman–Crippen LogP) is 4.17. The van der Waals surface area contributed by atoms with Crippen LogP contribution in [0.2, 0.25) is 0 Å². The maximum atomic E-state index is 13.0. The van der Waals surface area contributed by atoms with Gasteiger partial charge in [0.2, 0.25) is 0 Å². The zero-order chi connectivity index (χ0) is 25.7. The van der Waals surface area contributed by atoms with E-state index < -0.39 is 39.2 Å². The molecule has 0 unspecified atom stereocenters. The number of nitro benzene ring substituents is 2. The van der Waals surface area contributed by atoms with Crippen LogP contribution in [0.5, 0.6) is 0 Å². The van der Waals surface area contributed by atoms with Crippen LogP contribution in [0.1, 0.15) is 63.6 Å². The van der Waals surface area contributed by atoms with E-state index in [9.17, 15) is 34.6 Å². The topological polar surface area (TPSA) is 162 Å². The number of nitrogens with one attached hydrogen (secondary N) is 1. The lowest BCUT2D eigenvalue weighted by atomic mass is 10.1. The Bertz CT molecular complexity index is 1120. The molecule has 2 aromatic rings. The predicted molar refractivity (Wildman–Crippen MR) is 125 cm³/mol. The molecule has 1 aromatic heterocycles. The Hall–Kier alpha value is -3.87. The van der Waals surface area contributed by atoms with Crippen LogP contribution in [0, 0.1) is 27.2 Å². The molecule has 1 N–H and O–H groups in total. The molecule has 0 spiro atoms. The number of carbonyl (C=O) groups is 3. The van der Waals surface area contributed by atoms with Crippen LogP contribution in [0.25, 0.3) is 0 Å². The molecule has 0 aliphatic carbocycles. The number of thiophene rings is 1. The quantitative estimate of drug-likeness (QED) is 0.310. The number of ether oxygens (including phenoxy) is 1. The van der Waals surface area contributed by atoms with Gasteiger partial charge in [-0.05, 0) is 40.2 Å². The lowest BCUT2D eigenvalue weighted by molar-refractivity contribution is -0.394. The number of rotatable bonds is 9. The van der Waals surface area contributed by atoms with Crippen LogP contribution >= 0.6 is 11.3 Å². The summed E-state index contributed by atoms with van der Waals surface area (Å²) in [5.41, 5.74) is -1.35. The van der Waals surface area contributed by atoms with Gasteiger partial charge in [-0.2, -0.15) is 0 Å². The number of hydrogen-bond donors (Lipinski definition) is 1. The number of nitro groups is 2. The van der Waals surface area contributed by atoms with Gasteiger partial charge >= 0.3 is 5.97 Å². The van der Waals surface area contributed by atoms with Crippen molar-refractivity contribution in [2.75, 3.05) is 18.4 Å². The summed E-state index contributed by atoms with van der Waals surface area (Å²) in [5.74, 6) is -2.02. The summed E-state index contributed by atoms with van der Waals surface area (Å²) in [7, 11) is 0. The van der Waals surface area contributed by atoms with Gasteiger partial charge in [-0.15, -0.1) is 11.3 Å². The standard InChI is InChI=1S/C21H24N4O8S/c1-6-23(7-2)20(27)17-12(5)16(21(28)33-11(3)4)19(34-17)22-18(26)13-8-14(24(29)30)10-15(9-13)25(31)32/h8-11H,6-7H2,1-5H3,(H,22,26). The maximum Gasteiger partial charge on any atom is 0.341 e. The highest BCUT2D eigenvalue weighted by Gasteiger charge is 2.29. The van der Waals surface area contributed by atoms with Crippen LogP contribution in [-0.2, 0) is 4.74 Å². The molecule has 12 nitrogen and oxygen atoms in total. The minimum atomic E-state index is -0.923. The Morgan fingerprint density at radius 2 is 1.59 bits per heavy atom. The van der Waals surface area contributed by atoms with Crippen LogP contribution < -0.4 is 5.32 Å². The molecule has 0 fully saturated rings. The fraction of sp³-hybridized carbons (Fsp3) is 0.381. The van der Waals surface area contributed by atoms with Crippen molar-refractivity contribution in [3.8, 4) is 0 Å². The third kappa shape index (κ3) is 5.73. The number of carbonyl (C=O) groups excluding carboxylic acids is 3. The molecule has 0 atom stereocenters. The van der Waals surface area contributed by atoms with Gasteiger partial charge in [0, 0.05) is 25.2 Å². The third-order valence-corrected chi connectivity index (χ3v) is 5.95. The van der Waals surface area contributed by atoms with Crippen molar-refractivity contribution in [2.45, 2.75) is 40.7 Å². The minimum absolute atomic E-state index is 0.00202. The summed E-state index contributed by atoms with van der Waals surface area (Å²) < 4.78 is 5.27. The lowest BCUT2D eigenvalue weighted by Crippen LogP contribution is -2.30. The van der Waals surface area contributed by atoms with E-state index in [4.69, 9.17) is 4.74 Å². The van der Waals surface area contributed by atoms with Gasteiger partial charge in [0.25, 0.3) is 23.2 Å². The Morgan fingerprint density at radius 1 is 1.06 bits per heavy atom. The molecule has 13 heteroatoms. The number of non-ortho nitro benzene ring substituents is 2. The van der Waals surface area contributed by atoms with Crippen molar-refractivity contribution in [1.82, 2.24) is 4.90 Å². The second-order valence-electron chi connectivity index (χ2n) is 7.40. The van der Waals surface area contributed by atoms with E-state index >= 15 is 0 Å². The van der Waals surface area contributed by atoms with E-state index in [1.54, 1.807) is 39.5 Å². The highest BCUT2D eigenvalue weighted by atomic mass is 32.1. The molecule has 0 radical (unpaired) electrons. The first-order chi connectivity index (χ1) is 15.9. The number of hydrogen-bond acceptors (Lipinski definition) is 9. The number of benzene rings is 1. The Morgan fingerprint density at radius 3 is 2.03 bits per heavy atom. The van der Waals surface area contributed by atoms with Gasteiger partial charge in [0.15, 0.2) is 0 Å². The third-order valence-electron chi connectivity index (χ3n) is 4.75. The first-order valence-corrected chi connectivity index (χ1v) is 11.1. The molecule has 0 saturated carbocycles. The summed E-state index contributed by atoms with van der Waals surface area (Å²) in [4.78, 5) is 61.0. The van der Waals surface area contributed by atoms with E-state index in [2.05, 4.69) is 5.32 Å². The zero-order valence-electron chi connectivity index (χ0n) is 19.2. The first-order valence-electron chi connectivity index (χ1n) is 10.3. The smallest absolute Gasteiger partial charge is 0.341 e. The molecular weight excluding hydrogens is 468 g/mol. The van der Waals surface area contributed by atoms with Crippen molar-refractivity contribution in [2.24, 2.45) is 0 Å². The molecule has 0 bridgehead atoms. The van der Waals surface area contributed by atoms with Gasteiger partial charge in [0.05, 0.1) is 38.0 Å². The molecule has 1 aromatic carbocycles. The summed E-state index contributed by atoms with van der Waals surface area (Å²) in [6.45, 7) is 9.30. The van der Waals surface area contributed by atoms with Crippen LogP contribution in [0.4, 0.5) is 16.4 Å². The minimum Gasteiger partial charge on any atom is -0.459 e. The maximum absolute atomic E-state index is 13.0. The zero-order valence-corrected chi connectivity index (χ0v) is 20.1. The molecule has 34 heavy (non-hydrogen) atoms. The van der Waals surface area contributed by atoms with E-state index in [0.717, 1.165) is 29.5 Å². The van der Waals surface area contributed by atoms with Crippen molar-refractivity contribution in [3.63, 3.8) is 0 Å². The average molecular weight is 493 g/mol. The van der Waals surface area contributed by atoms with E-state index in [-0.39, 0.29) is 26.9 Å². The molecule has 0 aliphatic heterocycles. The van der Waals surface area contributed by atoms with Gasteiger partial charge in [-0.1, -0.05) is 0 Å². The van der Waals surface area contributed by atoms with E-state index in [1.165, 1.54) is 0 Å². The highest BCUT2D eigenvalue weighted by molar-refractivity contribution is 7.18. The molecule has 1 heterocycles. The van der Waals surface area contributed by atoms with Crippen molar-refractivity contribution in [3.05, 3.63) is 60.0 Å². The summed E-state index contributed by atoms with van der Waals surface area (Å²) in [6.07, 6.45) is -0.475. The van der Waals surface area contributed by atoms with Gasteiger partial charge in [-0.25, -0.2) is 4.79 Å². The summed E-state index contributed by atoms with van der Waals surface area (Å²) in [6, 6.07) is 2.51. The van der Waals surface area contributed by atoms with Gasteiger partial charge in [-0.3, -0.25) is 29.8 Å². The fourth-order valence-corrected chi connectivity index (χ4v) is 4.25. The van der Waals surface area contributed by atoms with Crippen LogP contribution in [-0.4, -0.2) is 51.7 Å². The van der Waals surface area contributed by atoms with Gasteiger partial charge in [0.1, 0.15) is 5.00 Å². The first kappa shape index (κ1) is 26.4. The van der Waals surface area contributed by atoms with Crippen LogP contribution in [0.3, 0.4) is 0 Å². The normalized spacial score (nSPS) is 10.6. The molecule has 0 aliphatic rings. The monoisotopic (exact) mass is 492 g/mol. The van der Waals surface area contributed by atoms with E-state index in [1.807, 2.05) is 0 Å². The molecule has 2 amide bonds. The van der Waals surface area contributed by atoms with Crippen LogP contribution in [0.15, 0.2) is 18.2 Å². The van der Waals surface area contributed by atoms with Gasteiger partial charge < -0.3 is 15.0 Å².